The molecule has 104 valence electrons. The van der Waals surface area contributed by atoms with E-state index in [0.29, 0.717) is 5.56 Å². The van der Waals surface area contributed by atoms with Gasteiger partial charge in [-0.05, 0) is 17.7 Å². The van der Waals surface area contributed by atoms with Gasteiger partial charge >= 0.3 is 6.18 Å². The lowest BCUT2D eigenvalue weighted by molar-refractivity contribution is -0.190. The molecule has 1 aromatic carbocycles. The number of alkyl halides is 3. The first-order valence-electron chi connectivity index (χ1n) is 5.68. The number of carbonyl (C=O) groups is 1. The van der Waals surface area contributed by atoms with Crippen LogP contribution >= 0.6 is 0 Å². The molecule has 1 atom stereocenters. The van der Waals surface area contributed by atoms with Crippen LogP contribution in [0.3, 0.4) is 0 Å². The first-order valence-corrected chi connectivity index (χ1v) is 5.68. The topological polar surface area (TPSA) is 32.3 Å². The summed E-state index contributed by atoms with van der Waals surface area (Å²) < 4.78 is 51.2. The van der Waals surface area contributed by atoms with Crippen LogP contribution < -0.4 is 5.32 Å². The van der Waals surface area contributed by atoms with Crippen LogP contribution in [0.15, 0.2) is 24.3 Å². The number of benzene rings is 1. The standard InChI is InChI=1S/C12H12F4N2O/c13-9-3-1-8(2-4-9)6-18-7-11(19)17-5-10(18)12(14,15)16/h1-4,10H,5-7H2,(H,17,19). The van der Waals surface area contributed by atoms with Gasteiger partial charge in [0.1, 0.15) is 11.9 Å². The summed E-state index contributed by atoms with van der Waals surface area (Å²) in [5.41, 5.74) is 0.533. The van der Waals surface area contributed by atoms with E-state index < -0.39 is 30.5 Å². The third-order valence-corrected chi connectivity index (χ3v) is 2.96. The fourth-order valence-electron chi connectivity index (χ4n) is 2.00. The van der Waals surface area contributed by atoms with E-state index in [1.54, 1.807) is 0 Å². The highest BCUT2D eigenvalue weighted by molar-refractivity contribution is 5.78. The van der Waals surface area contributed by atoms with Crippen molar-refractivity contribution in [3.05, 3.63) is 35.6 Å². The Bertz CT molecular complexity index is 458. The Hall–Kier alpha value is -1.63. The molecule has 1 aromatic rings. The van der Waals surface area contributed by atoms with Crippen LogP contribution in [0, 0.1) is 5.82 Å². The van der Waals surface area contributed by atoms with Crippen LogP contribution in [-0.4, -0.2) is 36.1 Å². The number of hydrogen-bond donors (Lipinski definition) is 1. The maximum absolute atomic E-state index is 12.8. The summed E-state index contributed by atoms with van der Waals surface area (Å²) in [6.07, 6.45) is -4.41. The number of nitrogens with one attached hydrogen (secondary N) is 1. The fraction of sp³-hybridized carbons (Fsp3) is 0.417. The highest BCUT2D eigenvalue weighted by Gasteiger charge is 2.46. The van der Waals surface area contributed by atoms with Crippen molar-refractivity contribution in [2.24, 2.45) is 0 Å². The van der Waals surface area contributed by atoms with Gasteiger partial charge in [-0.3, -0.25) is 9.69 Å². The van der Waals surface area contributed by atoms with Crippen molar-refractivity contribution in [2.75, 3.05) is 13.1 Å². The van der Waals surface area contributed by atoms with Crippen molar-refractivity contribution in [1.29, 1.82) is 0 Å². The van der Waals surface area contributed by atoms with Crippen molar-refractivity contribution in [3.63, 3.8) is 0 Å². The summed E-state index contributed by atoms with van der Waals surface area (Å²) in [7, 11) is 0. The minimum atomic E-state index is -4.41. The van der Waals surface area contributed by atoms with Gasteiger partial charge < -0.3 is 5.32 Å². The summed E-state index contributed by atoms with van der Waals surface area (Å²) in [4.78, 5) is 12.3. The van der Waals surface area contributed by atoms with E-state index >= 15 is 0 Å². The summed E-state index contributed by atoms with van der Waals surface area (Å²) in [5.74, 6) is -0.893. The van der Waals surface area contributed by atoms with Crippen molar-refractivity contribution >= 4 is 5.91 Å². The number of piperazine rings is 1. The molecule has 1 saturated heterocycles. The summed E-state index contributed by atoms with van der Waals surface area (Å²) in [6, 6.07) is 3.48. The fourth-order valence-corrected chi connectivity index (χ4v) is 2.00. The van der Waals surface area contributed by atoms with Crippen LogP contribution in [0.1, 0.15) is 5.56 Å². The molecular formula is C12H12F4N2O. The van der Waals surface area contributed by atoms with E-state index in [0.717, 1.165) is 4.90 Å². The zero-order valence-corrected chi connectivity index (χ0v) is 9.88. The van der Waals surface area contributed by atoms with Crippen molar-refractivity contribution in [3.8, 4) is 0 Å². The smallest absolute Gasteiger partial charge is 0.353 e. The molecule has 0 spiro atoms. The molecule has 0 radical (unpaired) electrons. The van der Waals surface area contributed by atoms with Gasteiger partial charge in [-0.15, -0.1) is 0 Å². The maximum atomic E-state index is 12.8. The lowest BCUT2D eigenvalue weighted by atomic mass is 10.1. The maximum Gasteiger partial charge on any atom is 0.405 e. The molecule has 0 aromatic heterocycles. The van der Waals surface area contributed by atoms with Crippen molar-refractivity contribution < 1.29 is 22.4 Å². The van der Waals surface area contributed by atoms with Gasteiger partial charge in [0.05, 0.1) is 6.54 Å². The molecule has 2 rings (SSSR count). The molecule has 0 aliphatic carbocycles. The van der Waals surface area contributed by atoms with Crippen molar-refractivity contribution in [1.82, 2.24) is 10.2 Å². The van der Waals surface area contributed by atoms with Crippen LogP contribution in [0.4, 0.5) is 17.6 Å². The van der Waals surface area contributed by atoms with Gasteiger partial charge in [-0.1, -0.05) is 12.1 Å². The molecule has 1 N–H and O–H groups in total. The van der Waals surface area contributed by atoms with Gasteiger partial charge in [0, 0.05) is 13.1 Å². The Morgan fingerprint density at radius 1 is 1.26 bits per heavy atom. The van der Waals surface area contributed by atoms with Gasteiger partial charge in [0.15, 0.2) is 0 Å². The van der Waals surface area contributed by atoms with Gasteiger partial charge in [-0.25, -0.2) is 4.39 Å². The second kappa shape index (κ2) is 5.16. The summed E-state index contributed by atoms with van der Waals surface area (Å²) in [6.45, 7) is -0.817. The number of nitrogens with zero attached hydrogens (tertiary/aromatic N) is 1. The van der Waals surface area contributed by atoms with Gasteiger partial charge in [0.25, 0.3) is 0 Å². The van der Waals surface area contributed by atoms with E-state index in [2.05, 4.69) is 5.32 Å². The Morgan fingerprint density at radius 2 is 1.89 bits per heavy atom. The average molecular weight is 276 g/mol. The number of rotatable bonds is 2. The predicted molar refractivity (Wildman–Crippen MR) is 59.7 cm³/mol. The minimum absolute atomic E-state index is 0.0438. The molecule has 1 aliphatic rings. The molecule has 1 amide bonds. The Labute approximate surface area is 107 Å². The average Bonchev–Trinajstić information content (AvgIpc) is 2.30. The summed E-state index contributed by atoms with van der Waals surface area (Å²) >= 11 is 0. The first kappa shape index (κ1) is 13.8. The minimum Gasteiger partial charge on any atom is -0.353 e. The van der Waals surface area contributed by atoms with Crippen LogP contribution in [-0.2, 0) is 11.3 Å². The van der Waals surface area contributed by atoms with E-state index in [1.165, 1.54) is 24.3 Å². The van der Waals surface area contributed by atoms with Gasteiger partial charge in [-0.2, -0.15) is 13.2 Å². The molecule has 1 heterocycles. The van der Waals surface area contributed by atoms with Crippen molar-refractivity contribution in [2.45, 2.75) is 18.8 Å². The molecule has 7 heteroatoms. The zero-order chi connectivity index (χ0) is 14.0. The number of amides is 1. The van der Waals surface area contributed by atoms with E-state index in [1.807, 2.05) is 0 Å². The lowest BCUT2D eigenvalue weighted by Crippen LogP contribution is -2.59. The first-order chi connectivity index (χ1) is 8.86. The van der Waals surface area contributed by atoms with Gasteiger partial charge in [0.2, 0.25) is 5.91 Å². The second-order valence-corrected chi connectivity index (χ2v) is 4.39. The molecule has 1 aliphatic heterocycles. The number of carbonyl (C=O) groups excluding carboxylic acids is 1. The molecule has 19 heavy (non-hydrogen) atoms. The normalized spacial score (nSPS) is 21.3. The molecular weight excluding hydrogens is 264 g/mol. The highest BCUT2D eigenvalue weighted by Crippen LogP contribution is 2.27. The molecule has 0 bridgehead atoms. The third kappa shape index (κ3) is 3.44. The predicted octanol–water partition coefficient (Wildman–Crippen LogP) is 1.69. The molecule has 3 nitrogen and oxygen atoms in total. The Kier molecular flexibility index (Phi) is 3.75. The van der Waals surface area contributed by atoms with E-state index in [-0.39, 0.29) is 13.1 Å². The third-order valence-electron chi connectivity index (χ3n) is 2.96. The lowest BCUT2D eigenvalue weighted by Gasteiger charge is -2.36. The molecule has 1 fully saturated rings. The SMILES string of the molecule is O=C1CN(Cc2ccc(F)cc2)C(C(F)(F)F)CN1. The zero-order valence-electron chi connectivity index (χ0n) is 9.88. The van der Waals surface area contributed by atoms with Crippen LogP contribution in [0.2, 0.25) is 0 Å². The van der Waals surface area contributed by atoms with Crippen LogP contribution in [0.5, 0.6) is 0 Å². The number of halogens is 4. The van der Waals surface area contributed by atoms with Crippen LogP contribution in [0.25, 0.3) is 0 Å². The number of hydrogen-bond acceptors (Lipinski definition) is 2. The molecule has 0 saturated carbocycles. The second-order valence-electron chi connectivity index (χ2n) is 4.39. The molecule has 1 unspecified atom stereocenters. The Morgan fingerprint density at radius 3 is 2.47 bits per heavy atom. The quantitative estimate of drug-likeness (QED) is 0.834. The summed E-state index contributed by atoms with van der Waals surface area (Å²) in [5, 5.41) is 2.20. The highest BCUT2D eigenvalue weighted by atomic mass is 19.4. The van der Waals surface area contributed by atoms with E-state index in [9.17, 15) is 22.4 Å². The Balaban J connectivity index is 2.14. The van der Waals surface area contributed by atoms with E-state index in [4.69, 9.17) is 0 Å². The largest absolute Gasteiger partial charge is 0.405 e. The monoisotopic (exact) mass is 276 g/mol.